The smallest absolute Gasteiger partial charge is 0.462 e. The molecule has 19 heteroatoms. The van der Waals surface area contributed by atoms with Crippen molar-refractivity contribution in [3.63, 3.8) is 0 Å². The van der Waals surface area contributed by atoms with Crippen molar-refractivity contribution in [2.75, 3.05) is 39.6 Å². The largest absolute Gasteiger partial charge is 0.472 e. The number of phosphoric acid groups is 2. The molecule has 0 rings (SSSR count). The first kappa shape index (κ1) is 95.1. The summed E-state index contributed by atoms with van der Waals surface area (Å²) in [6, 6.07) is 0. The minimum atomic E-state index is -4.96. The molecule has 576 valence electrons. The molecule has 0 fully saturated rings. The highest BCUT2D eigenvalue weighted by Gasteiger charge is 2.30. The Kier molecular flexibility index (Phi) is 68.4. The van der Waals surface area contributed by atoms with E-state index < -0.39 is 97.5 Å². The van der Waals surface area contributed by atoms with Gasteiger partial charge in [0.25, 0.3) is 0 Å². The fourth-order valence-corrected chi connectivity index (χ4v) is 13.6. The molecule has 0 heterocycles. The van der Waals surface area contributed by atoms with E-state index in [1.807, 2.05) is 0 Å². The number of esters is 4. The lowest BCUT2D eigenvalue weighted by Gasteiger charge is -2.21. The lowest BCUT2D eigenvalue weighted by Crippen LogP contribution is -2.30. The molecule has 3 N–H and O–H groups in total. The maximum atomic E-state index is 13.1. The molecule has 6 atom stereocenters. The van der Waals surface area contributed by atoms with Crippen molar-refractivity contribution in [1.29, 1.82) is 0 Å². The van der Waals surface area contributed by atoms with Crippen molar-refractivity contribution < 1.29 is 80.2 Å². The summed E-state index contributed by atoms with van der Waals surface area (Å²) in [5.41, 5.74) is 0. The monoisotopic (exact) mass is 1420 g/mol. The van der Waals surface area contributed by atoms with Gasteiger partial charge in [-0.1, -0.05) is 356 Å². The lowest BCUT2D eigenvalue weighted by atomic mass is 9.99. The Balaban J connectivity index is 5.12. The minimum absolute atomic E-state index is 0.106. The van der Waals surface area contributed by atoms with Crippen LogP contribution in [0.15, 0.2) is 0 Å². The van der Waals surface area contributed by atoms with Gasteiger partial charge in [0.1, 0.15) is 19.3 Å². The molecule has 0 radical (unpaired) electrons. The molecule has 0 aliphatic carbocycles. The number of ether oxygens (including phenoxy) is 4. The van der Waals surface area contributed by atoms with E-state index in [1.54, 1.807) is 0 Å². The van der Waals surface area contributed by atoms with E-state index >= 15 is 0 Å². The maximum Gasteiger partial charge on any atom is 0.472 e. The number of hydrogen-bond acceptors (Lipinski definition) is 15. The highest BCUT2D eigenvalue weighted by molar-refractivity contribution is 7.47. The van der Waals surface area contributed by atoms with Crippen LogP contribution in [0.3, 0.4) is 0 Å². The molecule has 3 unspecified atom stereocenters. The summed E-state index contributed by atoms with van der Waals surface area (Å²) >= 11 is 0. The zero-order valence-electron chi connectivity index (χ0n) is 63.4. The molecule has 0 aromatic rings. The molecule has 0 aromatic carbocycles. The SMILES string of the molecule is CCCCCCCCCCCCCCCCCCC(=O)OC[C@H](COP(=O)(O)OC[C@@H](O)COP(=O)(O)OC[C@@H](COC(=O)CCCCCCC)OC(=O)CCCCCCCCCCCCCC(C)C)OC(=O)CCCCCCCCCCCCCCCCCCCCC(C)CC. The van der Waals surface area contributed by atoms with Gasteiger partial charge in [-0.3, -0.25) is 37.3 Å². The number of aliphatic hydroxyl groups is 1. The summed E-state index contributed by atoms with van der Waals surface area (Å²) in [4.78, 5) is 72.6. The van der Waals surface area contributed by atoms with Gasteiger partial charge in [-0.05, 0) is 37.5 Å². The first-order chi connectivity index (χ1) is 46.9. The van der Waals surface area contributed by atoms with Gasteiger partial charge in [-0.25, -0.2) is 9.13 Å². The summed E-state index contributed by atoms with van der Waals surface area (Å²) in [5, 5.41) is 10.6. The molecule has 0 aliphatic rings. The van der Waals surface area contributed by atoms with Crippen molar-refractivity contribution in [2.24, 2.45) is 11.8 Å². The molecule has 0 amide bonds. The van der Waals surface area contributed by atoms with Gasteiger partial charge in [-0.15, -0.1) is 0 Å². The third-order valence-electron chi connectivity index (χ3n) is 18.6. The van der Waals surface area contributed by atoms with E-state index in [4.69, 9.17) is 37.0 Å². The molecular weight excluding hydrogens is 1270 g/mol. The van der Waals surface area contributed by atoms with Gasteiger partial charge >= 0.3 is 39.5 Å². The van der Waals surface area contributed by atoms with Gasteiger partial charge in [0.2, 0.25) is 0 Å². The number of phosphoric ester groups is 2. The number of carbonyl (C=O) groups is 4. The molecule has 0 saturated heterocycles. The molecule has 97 heavy (non-hydrogen) atoms. The Morgan fingerprint density at radius 3 is 0.784 bits per heavy atom. The Morgan fingerprint density at radius 2 is 0.526 bits per heavy atom. The number of rotatable bonds is 77. The zero-order chi connectivity index (χ0) is 71.4. The number of aliphatic hydroxyl groups excluding tert-OH is 1. The van der Waals surface area contributed by atoms with Gasteiger partial charge in [0, 0.05) is 25.7 Å². The molecular formula is C78H152O17P2. The van der Waals surface area contributed by atoms with Crippen LogP contribution in [0.1, 0.15) is 408 Å². The zero-order valence-corrected chi connectivity index (χ0v) is 65.2. The van der Waals surface area contributed by atoms with Crippen LogP contribution in [0, 0.1) is 11.8 Å². The summed E-state index contributed by atoms with van der Waals surface area (Å²) in [6.07, 6.45) is 58.7. The predicted molar refractivity (Wildman–Crippen MR) is 395 cm³/mol. The summed E-state index contributed by atoms with van der Waals surface area (Å²) in [5.74, 6) is -0.487. The summed E-state index contributed by atoms with van der Waals surface area (Å²) < 4.78 is 68.4. The second kappa shape index (κ2) is 69.8. The maximum absolute atomic E-state index is 13.1. The van der Waals surface area contributed by atoms with Crippen molar-refractivity contribution in [2.45, 2.75) is 426 Å². The highest BCUT2D eigenvalue weighted by atomic mass is 31.2. The predicted octanol–water partition coefficient (Wildman–Crippen LogP) is 23.1. The minimum Gasteiger partial charge on any atom is -0.462 e. The summed E-state index contributed by atoms with van der Waals surface area (Å²) in [7, 11) is -9.90. The van der Waals surface area contributed by atoms with Gasteiger partial charge in [0.15, 0.2) is 12.2 Å². The fraction of sp³-hybridized carbons (Fsp3) is 0.949. The third kappa shape index (κ3) is 70.9. The first-order valence-corrected chi connectivity index (χ1v) is 43.5. The van der Waals surface area contributed by atoms with Gasteiger partial charge < -0.3 is 33.8 Å². The number of carbonyl (C=O) groups excluding carboxylic acids is 4. The Bertz CT molecular complexity index is 1870. The van der Waals surface area contributed by atoms with Crippen molar-refractivity contribution in [3.8, 4) is 0 Å². The molecule has 17 nitrogen and oxygen atoms in total. The highest BCUT2D eigenvalue weighted by Crippen LogP contribution is 2.45. The van der Waals surface area contributed by atoms with E-state index in [0.29, 0.717) is 25.7 Å². The summed E-state index contributed by atoms with van der Waals surface area (Å²) in [6.45, 7) is 9.59. The second-order valence-corrected chi connectivity index (χ2v) is 31.7. The van der Waals surface area contributed by atoms with Crippen LogP contribution in [-0.4, -0.2) is 96.7 Å². The van der Waals surface area contributed by atoms with Crippen LogP contribution in [0.2, 0.25) is 0 Å². The van der Waals surface area contributed by atoms with Crippen LogP contribution >= 0.6 is 15.6 Å². The van der Waals surface area contributed by atoms with E-state index in [1.165, 1.54) is 218 Å². The van der Waals surface area contributed by atoms with Crippen molar-refractivity contribution in [3.05, 3.63) is 0 Å². The van der Waals surface area contributed by atoms with E-state index in [2.05, 4.69) is 41.5 Å². The standard InChI is InChI=1S/C78H152O17P2/c1-7-10-12-14-15-16-17-18-19-25-28-33-38-43-49-55-61-76(81)89-67-74(95-78(83)62-56-50-44-39-34-29-26-23-21-20-22-24-27-32-37-42-48-53-59-71(6)9-3)69-93-97(86,87)91-65-72(79)64-90-96(84,85)92-68-73(66-88-75(80)60-54-46-13-11-8-2)94-77(82)63-57-51-45-40-35-30-31-36-41-47-52-58-70(4)5/h70-74,79H,7-69H2,1-6H3,(H,84,85)(H,86,87)/t71?,72-,73+,74+/m0/s1. The normalized spacial score (nSPS) is 14.2. The van der Waals surface area contributed by atoms with Crippen LogP contribution in [0.5, 0.6) is 0 Å². The Morgan fingerprint density at radius 1 is 0.299 bits per heavy atom. The van der Waals surface area contributed by atoms with Crippen LogP contribution in [0.25, 0.3) is 0 Å². The molecule has 0 spiro atoms. The average Bonchev–Trinajstić information content (AvgIpc) is 2.21. The van der Waals surface area contributed by atoms with Crippen LogP contribution < -0.4 is 0 Å². The molecule has 0 aliphatic heterocycles. The fourth-order valence-electron chi connectivity index (χ4n) is 12.0. The van der Waals surface area contributed by atoms with Crippen molar-refractivity contribution >= 4 is 39.5 Å². The van der Waals surface area contributed by atoms with Gasteiger partial charge in [0.05, 0.1) is 26.4 Å². The average molecular weight is 1420 g/mol. The topological polar surface area (TPSA) is 237 Å². The van der Waals surface area contributed by atoms with E-state index in [9.17, 15) is 43.2 Å². The first-order valence-electron chi connectivity index (χ1n) is 40.5. The van der Waals surface area contributed by atoms with Crippen LogP contribution in [-0.2, 0) is 65.4 Å². The lowest BCUT2D eigenvalue weighted by molar-refractivity contribution is -0.161. The van der Waals surface area contributed by atoms with Crippen LogP contribution in [0.4, 0.5) is 0 Å². The van der Waals surface area contributed by atoms with Gasteiger partial charge in [-0.2, -0.15) is 0 Å². The van der Waals surface area contributed by atoms with E-state index in [-0.39, 0.29) is 25.7 Å². The van der Waals surface area contributed by atoms with Crippen molar-refractivity contribution in [1.82, 2.24) is 0 Å². The Labute approximate surface area is 594 Å². The molecule has 0 saturated carbocycles. The number of hydrogen-bond donors (Lipinski definition) is 3. The number of unbranched alkanes of at least 4 members (excludes halogenated alkanes) is 46. The Hall–Kier alpha value is -1.94. The van der Waals surface area contributed by atoms with E-state index in [0.717, 1.165) is 108 Å². The second-order valence-electron chi connectivity index (χ2n) is 28.8. The molecule has 0 aromatic heterocycles. The third-order valence-corrected chi connectivity index (χ3v) is 20.5. The molecule has 0 bridgehead atoms. The quantitative estimate of drug-likeness (QED) is 0.0222.